The van der Waals surface area contributed by atoms with Crippen LogP contribution in [0.4, 0.5) is 0 Å². The molecule has 5 aliphatic rings. The van der Waals surface area contributed by atoms with Crippen molar-refractivity contribution >= 4 is 21.6 Å². The van der Waals surface area contributed by atoms with Gasteiger partial charge in [-0.15, -0.1) is 11.3 Å². The van der Waals surface area contributed by atoms with E-state index in [0.717, 1.165) is 17.8 Å². The Morgan fingerprint density at radius 2 is 1.55 bits per heavy atom. The molecule has 3 aromatic rings. The maximum atomic E-state index is 5.47. The zero-order valence-electron chi connectivity index (χ0n) is 17.1. The van der Waals surface area contributed by atoms with Gasteiger partial charge in [0.2, 0.25) is 0 Å². The van der Waals surface area contributed by atoms with E-state index in [4.69, 9.17) is 4.98 Å². The Hall–Kier alpha value is -1.67. The second kappa shape index (κ2) is 6.17. The summed E-state index contributed by atoms with van der Waals surface area (Å²) in [5.74, 6) is 2.90. The SMILES string of the molecule is c1ccc(-c2cc(C34CC5CC(CC(C5)C3)C4)nc3sc4c(c23)CCCC4)cc1. The predicted octanol–water partition coefficient (Wildman–Crippen LogP) is 7.31. The van der Waals surface area contributed by atoms with Crippen molar-refractivity contribution in [2.75, 3.05) is 0 Å². The van der Waals surface area contributed by atoms with E-state index in [1.165, 1.54) is 91.2 Å². The summed E-state index contributed by atoms with van der Waals surface area (Å²) < 4.78 is 0. The summed E-state index contributed by atoms with van der Waals surface area (Å²) in [5.41, 5.74) is 6.30. The van der Waals surface area contributed by atoms with Gasteiger partial charge < -0.3 is 0 Å². The summed E-state index contributed by atoms with van der Waals surface area (Å²) in [6, 6.07) is 13.7. The molecule has 0 radical (unpaired) electrons. The average molecular weight is 400 g/mol. The van der Waals surface area contributed by atoms with Crippen molar-refractivity contribution in [1.29, 1.82) is 0 Å². The predicted molar refractivity (Wildman–Crippen MR) is 122 cm³/mol. The molecule has 29 heavy (non-hydrogen) atoms. The molecule has 2 aromatic heterocycles. The van der Waals surface area contributed by atoms with Crippen LogP contribution in [0, 0.1) is 17.8 Å². The summed E-state index contributed by atoms with van der Waals surface area (Å²) in [7, 11) is 0. The summed E-state index contributed by atoms with van der Waals surface area (Å²) in [4.78, 5) is 8.44. The van der Waals surface area contributed by atoms with Gasteiger partial charge in [0.1, 0.15) is 4.83 Å². The van der Waals surface area contributed by atoms with Crippen LogP contribution in [-0.4, -0.2) is 4.98 Å². The molecule has 8 rings (SSSR count). The highest BCUT2D eigenvalue weighted by molar-refractivity contribution is 7.19. The number of thiophene rings is 1. The average Bonchev–Trinajstić information content (AvgIpc) is 3.11. The molecule has 0 atom stereocenters. The Balaban J connectivity index is 1.47. The Labute approximate surface area is 177 Å². The molecule has 0 spiro atoms. The van der Waals surface area contributed by atoms with E-state index in [1.807, 2.05) is 11.3 Å². The molecule has 0 saturated heterocycles. The molecule has 2 heterocycles. The number of aromatic nitrogens is 1. The van der Waals surface area contributed by atoms with Crippen LogP contribution >= 0.6 is 11.3 Å². The lowest BCUT2D eigenvalue weighted by Gasteiger charge is -2.56. The molecule has 0 amide bonds. The fraction of sp³-hybridized carbons (Fsp3) is 0.519. The second-order valence-electron chi connectivity index (χ2n) is 10.5. The lowest BCUT2D eigenvalue weighted by molar-refractivity contribution is -0.00702. The lowest BCUT2D eigenvalue weighted by atomic mass is 9.48. The second-order valence-corrected chi connectivity index (χ2v) is 11.6. The van der Waals surface area contributed by atoms with Crippen molar-refractivity contribution in [3.63, 3.8) is 0 Å². The Morgan fingerprint density at radius 1 is 0.862 bits per heavy atom. The summed E-state index contributed by atoms with van der Waals surface area (Å²) >= 11 is 2.02. The van der Waals surface area contributed by atoms with Gasteiger partial charge in [0.25, 0.3) is 0 Å². The molecule has 5 aliphatic carbocycles. The van der Waals surface area contributed by atoms with Crippen molar-refractivity contribution in [3.05, 3.63) is 52.5 Å². The first kappa shape index (κ1) is 17.1. The van der Waals surface area contributed by atoms with Crippen LogP contribution < -0.4 is 0 Å². The number of pyridine rings is 1. The van der Waals surface area contributed by atoms with Crippen molar-refractivity contribution in [2.24, 2.45) is 17.8 Å². The molecule has 0 unspecified atom stereocenters. The first-order chi connectivity index (χ1) is 14.3. The summed E-state index contributed by atoms with van der Waals surface area (Å²) in [5, 5.41) is 1.49. The Morgan fingerprint density at radius 3 is 2.28 bits per heavy atom. The van der Waals surface area contributed by atoms with Crippen molar-refractivity contribution in [2.45, 2.75) is 69.6 Å². The smallest absolute Gasteiger partial charge is 0.124 e. The normalized spacial score (nSPS) is 32.6. The summed E-state index contributed by atoms with van der Waals surface area (Å²) in [6.45, 7) is 0. The van der Waals surface area contributed by atoms with Gasteiger partial charge in [-0.3, -0.25) is 0 Å². The standard InChI is InChI=1S/C27H29NS/c1-2-6-20(7-3-1)22-13-24(27-14-17-10-18(15-27)12-19(11-17)16-27)28-26-25(22)21-8-4-5-9-23(21)29-26/h1-3,6-7,13,17-19H,4-5,8-12,14-16H2. The monoisotopic (exact) mass is 399 g/mol. The molecule has 148 valence electrons. The molecular formula is C27H29NS. The molecule has 1 nitrogen and oxygen atoms in total. The van der Waals surface area contributed by atoms with Crippen LogP contribution in [0.3, 0.4) is 0 Å². The van der Waals surface area contributed by atoms with Crippen LogP contribution in [0.25, 0.3) is 21.3 Å². The fourth-order valence-electron chi connectivity index (χ4n) is 7.80. The minimum atomic E-state index is 0.372. The maximum absolute atomic E-state index is 5.47. The quantitative estimate of drug-likeness (QED) is 0.440. The zero-order valence-corrected chi connectivity index (χ0v) is 17.9. The first-order valence-corrected chi connectivity index (χ1v) is 12.6. The first-order valence-electron chi connectivity index (χ1n) is 11.8. The third-order valence-electron chi connectivity index (χ3n) is 8.59. The van der Waals surface area contributed by atoms with E-state index in [1.54, 1.807) is 10.4 Å². The zero-order chi connectivity index (χ0) is 19.0. The van der Waals surface area contributed by atoms with Gasteiger partial charge >= 0.3 is 0 Å². The molecule has 4 bridgehead atoms. The topological polar surface area (TPSA) is 12.9 Å². The maximum Gasteiger partial charge on any atom is 0.124 e. The minimum Gasteiger partial charge on any atom is -0.241 e. The van der Waals surface area contributed by atoms with Gasteiger partial charge in [-0.2, -0.15) is 0 Å². The van der Waals surface area contributed by atoms with E-state index in [2.05, 4.69) is 36.4 Å². The third kappa shape index (κ3) is 2.54. The third-order valence-corrected chi connectivity index (χ3v) is 9.78. The van der Waals surface area contributed by atoms with Gasteiger partial charge in [0, 0.05) is 21.4 Å². The van der Waals surface area contributed by atoms with Crippen molar-refractivity contribution in [3.8, 4) is 11.1 Å². The van der Waals surface area contributed by atoms with Gasteiger partial charge in [-0.05, 0) is 105 Å². The molecule has 1 aromatic carbocycles. The van der Waals surface area contributed by atoms with Crippen LogP contribution in [0.5, 0.6) is 0 Å². The van der Waals surface area contributed by atoms with E-state index in [9.17, 15) is 0 Å². The van der Waals surface area contributed by atoms with Gasteiger partial charge in [0.15, 0.2) is 0 Å². The number of hydrogen-bond acceptors (Lipinski definition) is 2. The number of fused-ring (bicyclic) bond motifs is 3. The largest absolute Gasteiger partial charge is 0.241 e. The number of benzene rings is 1. The van der Waals surface area contributed by atoms with Gasteiger partial charge in [0.05, 0.1) is 0 Å². The number of nitrogens with zero attached hydrogens (tertiary/aromatic N) is 1. The minimum absolute atomic E-state index is 0.372. The highest BCUT2D eigenvalue weighted by Crippen LogP contribution is 2.61. The number of rotatable bonds is 2. The fourth-order valence-corrected chi connectivity index (χ4v) is 9.09. The lowest BCUT2D eigenvalue weighted by Crippen LogP contribution is -2.48. The number of hydrogen-bond donors (Lipinski definition) is 0. The molecule has 4 fully saturated rings. The van der Waals surface area contributed by atoms with Crippen LogP contribution in [0.15, 0.2) is 36.4 Å². The van der Waals surface area contributed by atoms with E-state index in [0.29, 0.717) is 5.41 Å². The Bertz CT molecular complexity index is 1060. The summed E-state index contributed by atoms with van der Waals surface area (Å²) in [6.07, 6.45) is 13.9. The molecule has 0 aliphatic heterocycles. The van der Waals surface area contributed by atoms with Gasteiger partial charge in [-0.25, -0.2) is 4.98 Å². The van der Waals surface area contributed by atoms with Gasteiger partial charge in [-0.1, -0.05) is 30.3 Å². The van der Waals surface area contributed by atoms with Crippen LogP contribution in [0.2, 0.25) is 0 Å². The highest BCUT2D eigenvalue weighted by Gasteiger charge is 2.52. The van der Waals surface area contributed by atoms with Crippen LogP contribution in [-0.2, 0) is 18.3 Å². The van der Waals surface area contributed by atoms with Crippen LogP contribution in [0.1, 0.15) is 67.5 Å². The highest BCUT2D eigenvalue weighted by atomic mass is 32.1. The number of aryl methyl sites for hydroxylation is 2. The molecule has 4 saturated carbocycles. The molecule has 2 heteroatoms. The Kier molecular flexibility index (Phi) is 3.63. The van der Waals surface area contributed by atoms with Crippen molar-refractivity contribution < 1.29 is 0 Å². The van der Waals surface area contributed by atoms with Crippen molar-refractivity contribution in [1.82, 2.24) is 4.98 Å². The van der Waals surface area contributed by atoms with E-state index < -0.39 is 0 Å². The van der Waals surface area contributed by atoms with E-state index >= 15 is 0 Å². The molecular weight excluding hydrogens is 370 g/mol. The van der Waals surface area contributed by atoms with E-state index in [-0.39, 0.29) is 0 Å². The molecule has 0 N–H and O–H groups in total.